The lowest BCUT2D eigenvalue weighted by Gasteiger charge is -2.35. The molecule has 0 spiro atoms. The molecule has 0 bridgehead atoms. The number of aliphatic hydroxyl groups is 1. The fraction of sp³-hybridized carbons (Fsp3) is 0.529. The second-order valence-electron chi connectivity index (χ2n) is 5.93. The first kappa shape index (κ1) is 13.7. The number of anilines is 1. The van der Waals surface area contributed by atoms with Gasteiger partial charge in [-0.05, 0) is 31.4 Å². The summed E-state index contributed by atoms with van der Waals surface area (Å²) in [5.41, 5.74) is 1.34. The first-order valence-electron chi connectivity index (χ1n) is 7.70. The van der Waals surface area contributed by atoms with Crippen LogP contribution in [0.5, 0.6) is 0 Å². The highest BCUT2D eigenvalue weighted by Crippen LogP contribution is 2.22. The quantitative estimate of drug-likeness (QED) is 0.825. The van der Waals surface area contributed by atoms with Crippen molar-refractivity contribution in [3.63, 3.8) is 0 Å². The number of benzene rings is 1. The highest BCUT2D eigenvalue weighted by Gasteiger charge is 2.24. The summed E-state index contributed by atoms with van der Waals surface area (Å²) in [4.78, 5) is 2.47. The zero-order chi connectivity index (χ0) is 13.8. The molecule has 3 rings (SSSR count). The molecule has 0 saturated carbocycles. The van der Waals surface area contributed by atoms with Gasteiger partial charge in [0.2, 0.25) is 0 Å². The molecule has 0 amide bonds. The number of hydrogen-bond acceptors (Lipinski definition) is 3. The van der Waals surface area contributed by atoms with Gasteiger partial charge in [0.25, 0.3) is 0 Å². The molecule has 0 unspecified atom stereocenters. The Bertz CT molecular complexity index is 438. The first-order valence-corrected chi connectivity index (χ1v) is 7.70. The lowest BCUT2D eigenvalue weighted by molar-refractivity contribution is 0.243. The Hall–Kier alpha value is -1.32. The molecule has 2 aliphatic rings. The van der Waals surface area contributed by atoms with Crippen LogP contribution >= 0.6 is 0 Å². The van der Waals surface area contributed by atoms with Gasteiger partial charge in [0.05, 0.1) is 0 Å². The highest BCUT2D eigenvalue weighted by atomic mass is 16.3. The van der Waals surface area contributed by atoms with Gasteiger partial charge >= 0.3 is 0 Å². The zero-order valence-corrected chi connectivity index (χ0v) is 11.9. The molecule has 108 valence electrons. The van der Waals surface area contributed by atoms with Gasteiger partial charge in [-0.2, -0.15) is 0 Å². The van der Waals surface area contributed by atoms with Gasteiger partial charge in [-0.15, -0.1) is 0 Å². The predicted octanol–water partition coefficient (Wildman–Crippen LogP) is 2.18. The zero-order valence-electron chi connectivity index (χ0n) is 11.9. The molecular formula is C17H24N2O. The number of piperidine rings is 1. The molecule has 0 radical (unpaired) electrons. The minimum Gasteiger partial charge on any atom is -0.396 e. The summed E-state index contributed by atoms with van der Waals surface area (Å²) >= 11 is 0. The van der Waals surface area contributed by atoms with Crippen LogP contribution in [0, 0.1) is 5.92 Å². The van der Waals surface area contributed by atoms with Crippen molar-refractivity contribution >= 4 is 5.69 Å². The van der Waals surface area contributed by atoms with E-state index < -0.39 is 0 Å². The summed E-state index contributed by atoms with van der Waals surface area (Å²) in [6, 6.07) is 11.7. The van der Waals surface area contributed by atoms with E-state index >= 15 is 0 Å². The van der Waals surface area contributed by atoms with E-state index in [1.807, 2.05) is 0 Å². The summed E-state index contributed by atoms with van der Waals surface area (Å²) in [5.74, 6) is 0.358. The number of nitrogens with one attached hydrogen (secondary N) is 1. The molecule has 2 N–H and O–H groups in total. The van der Waals surface area contributed by atoms with Gasteiger partial charge < -0.3 is 15.3 Å². The Labute approximate surface area is 121 Å². The molecule has 2 atom stereocenters. The van der Waals surface area contributed by atoms with E-state index in [1.54, 1.807) is 0 Å². The predicted molar refractivity (Wildman–Crippen MR) is 82.9 cm³/mol. The number of nitrogens with zero attached hydrogens (tertiary/aromatic N) is 1. The summed E-state index contributed by atoms with van der Waals surface area (Å²) in [5, 5.41) is 12.9. The summed E-state index contributed by atoms with van der Waals surface area (Å²) in [6.07, 6.45) is 7.82. The summed E-state index contributed by atoms with van der Waals surface area (Å²) in [6.45, 7) is 2.53. The van der Waals surface area contributed by atoms with Crippen LogP contribution in [0.4, 0.5) is 5.69 Å². The fourth-order valence-corrected chi connectivity index (χ4v) is 3.28. The Morgan fingerprint density at radius 3 is 2.50 bits per heavy atom. The van der Waals surface area contributed by atoms with E-state index in [1.165, 1.54) is 18.5 Å². The van der Waals surface area contributed by atoms with E-state index in [0.717, 1.165) is 19.5 Å². The normalized spacial score (nSPS) is 27.1. The van der Waals surface area contributed by atoms with Crippen molar-refractivity contribution in [2.75, 3.05) is 24.6 Å². The molecule has 3 nitrogen and oxygen atoms in total. The van der Waals surface area contributed by atoms with Gasteiger partial charge in [-0.1, -0.05) is 30.4 Å². The van der Waals surface area contributed by atoms with Gasteiger partial charge in [-0.3, -0.25) is 0 Å². The SMILES string of the molecule is OC[C@H]1C=C[C@@H](NC2CCN(c3ccccc3)CC2)C1. The smallest absolute Gasteiger partial charge is 0.0494 e. The number of aliphatic hydroxyl groups excluding tert-OH is 1. The largest absolute Gasteiger partial charge is 0.396 e. The van der Waals surface area contributed by atoms with Crippen molar-refractivity contribution in [3.05, 3.63) is 42.5 Å². The highest BCUT2D eigenvalue weighted by molar-refractivity contribution is 5.46. The second-order valence-corrected chi connectivity index (χ2v) is 5.93. The van der Waals surface area contributed by atoms with Crippen molar-refractivity contribution in [2.24, 2.45) is 5.92 Å². The van der Waals surface area contributed by atoms with Gasteiger partial charge in [0, 0.05) is 43.4 Å². The van der Waals surface area contributed by atoms with Gasteiger partial charge in [0.15, 0.2) is 0 Å². The van der Waals surface area contributed by atoms with Crippen molar-refractivity contribution in [1.29, 1.82) is 0 Å². The molecule has 1 fully saturated rings. The molecule has 0 aromatic heterocycles. The lowest BCUT2D eigenvalue weighted by Crippen LogP contribution is -2.45. The minimum absolute atomic E-state index is 0.279. The van der Waals surface area contributed by atoms with E-state index in [4.69, 9.17) is 5.11 Å². The average molecular weight is 272 g/mol. The molecule has 1 saturated heterocycles. The Morgan fingerprint density at radius 1 is 1.10 bits per heavy atom. The third-order valence-electron chi connectivity index (χ3n) is 4.47. The Balaban J connectivity index is 1.46. The molecule has 1 aromatic rings. The third kappa shape index (κ3) is 3.22. The average Bonchev–Trinajstić information content (AvgIpc) is 2.97. The van der Waals surface area contributed by atoms with Crippen LogP contribution in [0.1, 0.15) is 19.3 Å². The third-order valence-corrected chi connectivity index (χ3v) is 4.47. The second kappa shape index (κ2) is 6.42. The molecule has 1 aliphatic heterocycles. The maximum Gasteiger partial charge on any atom is 0.0494 e. The van der Waals surface area contributed by atoms with E-state index in [0.29, 0.717) is 18.0 Å². The molecule has 1 heterocycles. The van der Waals surface area contributed by atoms with Crippen LogP contribution in [0.25, 0.3) is 0 Å². The van der Waals surface area contributed by atoms with Crippen molar-refractivity contribution in [2.45, 2.75) is 31.3 Å². The van der Waals surface area contributed by atoms with Gasteiger partial charge in [-0.25, -0.2) is 0 Å². The minimum atomic E-state index is 0.279. The van der Waals surface area contributed by atoms with Crippen LogP contribution in [-0.4, -0.2) is 36.9 Å². The van der Waals surface area contributed by atoms with Gasteiger partial charge in [0.1, 0.15) is 0 Å². The van der Waals surface area contributed by atoms with E-state index in [2.05, 4.69) is 52.7 Å². The Morgan fingerprint density at radius 2 is 1.85 bits per heavy atom. The molecule has 3 heteroatoms. The van der Waals surface area contributed by atoms with Crippen molar-refractivity contribution in [1.82, 2.24) is 5.32 Å². The number of rotatable bonds is 4. The maximum absolute atomic E-state index is 9.16. The topological polar surface area (TPSA) is 35.5 Å². The lowest BCUT2D eigenvalue weighted by atomic mass is 10.0. The monoisotopic (exact) mass is 272 g/mol. The first-order chi connectivity index (χ1) is 9.85. The molecule has 20 heavy (non-hydrogen) atoms. The summed E-state index contributed by atoms with van der Waals surface area (Å²) in [7, 11) is 0. The van der Waals surface area contributed by atoms with Crippen LogP contribution in [0.15, 0.2) is 42.5 Å². The van der Waals surface area contributed by atoms with E-state index in [-0.39, 0.29) is 6.61 Å². The van der Waals surface area contributed by atoms with Crippen LogP contribution in [-0.2, 0) is 0 Å². The van der Waals surface area contributed by atoms with Crippen LogP contribution < -0.4 is 10.2 Å². The van der Waals surface area contributed by atoms with Crippen molar-refractivity contribution < 1.29 is 5.11 Å². The molecule has 1 aromatic carbocycles. The molecular weight excluding hydrogens is 248 g/mol. The number of para-hydroxylation sites is 1. The molecule has 1 aliphatic carbocycles. The maximum atomic E-state index is 9.16. The summed E-state index contributed by atoms with van der Waals surface area (Å²) < 4.78 is 0. The Kier molecular flexibility index (Phi) is 4.38. The fourth-order valence-electron chi connectivity index (χ4n) is 3.28. The standard InChI is InChI=1S/C17H24N2O/c20-13-14-6-7-16(12-14)18-15-8-10-19(11-9-15)17-4-2-1-3-5-17/h1-7,14-16,18,20H,8-13H2/t14-,16+/m0/s1. The van der Waals surface area contributed by atoms with Crippen molar-refractivity contribution in [3.8, 4) is 0 Å². The van der Waals surface area contributed by atoms with E-state index in [9.17, 15) is 0 Å². The van der Waals surface area contributed by atoms with Crippen LogP contribution in [0.3, 0.4) is 0 Å². The number of hydrogen-bond donors (Lipinski definition) is 2. The van der Waals surface area contributed by atoms with Crippen LogP contribution in [0.2, 0.25) is 0 Å².